The van der Waals surface area contributed by atoms with E-state index in [0.717, 1.165) is 23.4 Å². The van der Waals surface area contributed by atoms with Crippen LogP contribution in [0.1, 0.15) is 49.9 Å². The number of alkyl halides is 3. The maximum Gasteiger partial charge on any atom is 0.491 e. The standard InChI is InChI=1S/C37H40Cl2F5N4O6S2/c1-36(2,22-10-15-27(38)31(17-22)53-6)32-20-45-35(47(32)24-13-11-23(40)12-14-24)55-21-26-28(39)18-25(19-29(26)41)56(51,52)46-30(9-7-8-16-48(3,4)5)33(49)54-34(50)37(42,43)44/h10-15,17-20,30,46H,7-9,16,21H2,1-6H3/q+1/t30-/m1/s1. The number of carbonyl (C=O) groups is 2. The second kappa shape index (κ2) is 17.8. The summed E-state index contributed by atoms with van der Waals surface area (Å²) in [6.45, 7) is 4.46. The summed E-state index contributed by atoms with van der Waals surface area (Å²) in [7, 11) is 2.34. The average molecular weight is 867 g/mol. The number of halogens is 7. The first-order valence-electron chi connectivity index (χ1n) is 16.9. The molecule has 304 valence electrons. The van der Waals surface area contributed by atoms with Crippen LogP contribution >= 0.6 is 35.0 Å². The van der Waals surface area contributed by atoms with Crippen molar-refractivity contribution in [1.29, 1.82) is 0 Å². The number of carbonyl (C=O) groups excluding carboxylic acids is 2. The Morgan fingerprint density at radius 2 is 1.64 bits per heavy atom. The molecule has 4 aromatic rings. The zero-order valence-corrected chi connectivity index (χ0v) is 34.3. The van der Waals surface area contributed by atoms with Gasteiger partial charge in [-0.25, -0.2) is 31.8 Å². The number of quaternary nitrogens is 1. The largest absolute Gasteiger partial charge is 0.495 e. The second-order valence-corrected chi connectivity index (χ2v) is 17.7. The van der Waals surface area contributed by atoms with Gasteiger partial charge in [0.1, 0.15) is 23.4 Å². The van der Waals surface area contributed by atoms with Crippen LogP contribution in [0.5, 0.6) is 5.75 Å². The minimum atomic E-state index is -5.51. The van der Waals surface area contributed by atoms with Crippen molar-refractivity contribution in [2.24, 2.45) is 0 Å². The Labute approximate surface area is 335 Å². The number of aromatic nitrogens is 2. The van der Waals surface area contributed by atoms with Gasteiger partial charge in [0.2, 0.25) is 10.0 Å². The molecule has 0 saturated heterocycles. The fourth-order valence-corrected chi connectivity index (χ4v) is 8.45. The summed E-state index contributed by atoms with van der Waals surface area (Å²) in [5.41, 5.74) is 1.17. The van der Waals surface area contributed by atoms with Crippen LogP contribution in [0, 0.1) is 11.6 Å². The van der Waals surface area contributed by atoms with Crippen molar-refractivity contribution < 1.29 is 53.9 Å². The second-order valence-electron chi connectivity index (χ2n) is 14.3. The molecule has 4 rings (SSSR count). The highest BCUT2D eigenvalue weighted by Gasteiger charge is 2.44. The van der Waals surface area contributed by atoms with Crippen LogP contribution in [0.15, 0.2) is 70.8 Å². The minimum absolute atomic E-state index is 0.112. The van der Waals surface area contributed by atoms with Gasteiger partial charge in [-0.2, -0.15) is 17.9 Å². The first-order valence-corrected chi connectivity index (χ1v) is 20.1. The first-order chi connectivity index (χ1) is 25.9. The lowest BCUT2D eigenvalue weighted by molar-refractivity contribution is -0.870. The van der Waals surface area contributed by atoms with Crippen molar-refractivity contribution in [3.05, 3.63) is 99.3 Å². The lowest BCUT2D eigenvalue weighted by atomic mass is 9.81. The van der Waals surface area contributed by atoms with Crippen LogP contribution in [-0.4, -0.2) is 81.4 Å². The third-order valence-electron chi connectivity index (χ3n) is 8.68. The number of rotatable bonds is 16. The maximum absolute atomic E-state index is 15.7. The van der Waals surface area contributed by atoms with E-state index in [0.29, 0.717) is 50.8 Å². The van der Waals surface area contributed by atoms with Crippen LogP contribution in [-0.2, 0) is 35.5 Å². The number of benzene rings is 3. The van der Waals surface area contributed by atoms with Gasteiger partial charge in [0.25, 0.3) is 0 Å². The summed E-state index contributed by atoms with van der Waals surface area (Å²) < 4.78 is 109. The number of hydrogen-bond donors (Lipinski definition) is 1. The Kier molecular flexibility index (Phi) is 14.3. The number of ether oxygens (including phenoxy) is 2. The molecule has 0 amide bonds. The van der Waals surface area contributed by atoms with E-state index in [-0.39, 0.29) is 29.2 Å². The number of hydrogen-bond acceptors (Lipinski definition) is 8. The molecule has 0 aliphatic heterocycles. The number of thioether (sulfide) groups is 1. The van der Waals surface area contributed by atoms with Gasteiger partial charge in [-0.15, -0.1) is 0 Å². The molecule has 0 saturated carbocycles. The van der Waals surface area contributed by atoms with Crippen LogP contribution in [0.4, 0.5) is 22.0 Å². The fourth-order valence-electron chi connectivity index (χ4n) is 5.56. The predicted octanol–water partition coefficient (Wildman–Crippen LogP) is 8.24. The number of sulfonamides is 1. The summed E-state index contributed by atoms with van der Waals surface area (Å²) in [5.74, 6) is -5.81. The normalized spacial score (nSPS) is 13.1. The van der Waals surface area contributed by atoms with Crippen molar-refractivity contribution in [2.75, 3.05) is 34.8 Å². The maximum atomic E-state index is 15.7. The van der Waals surface area contributed by atoms with Crippen molar-refractivity contribution in [1.82, 2.24) is 14.3 Å². The van der Waals surface area contributed by atoms with E-state index in [2.05, 4.69) is 9.72 Å². The molecule has 0 unspecified atom stereocenters. The molecule has 0 aliphatic carbocycles. The Hall–Kier alpha value is -3.74. The van der Waals surface area contributed by atoms with E-state index in [1.54, 1.807) is 35.0 Å². The number of imidazole rings is 1. The Morgan fingerprint density at radius 1 is 0.982 bits per heavy atom. The molecule has 0 spiro atoms. The van der Waals surface area contributed by atoms with E-state index >= 15 is 4.39 Å². The number of methoxy groups -OCH3 is 1. The van der Waals surface area contributed by atoms with Crippen molar-refractivity contribution >= 4 is 56.9 Å². The Bertz CT molecular complexity index is 2150. The Balaban J connectivity index is 1.63. The predicted molar refractivity (Wildman–Crippen MR) is 203 cm³/mol. The van der Waals surface area contributed by atoms with Crippen molar-refractivity contribution in [3.63, 3.8) is 0 Å². The van der Waals surface area contributed by atoms with Gasteiger partial charge in [-0.3, -0.25) is 4.57 Å². The van der Waals surface area contributed by atoms with E-state index in [4.69, 9.17) is 27.9 Å². The average Bonchev–Trinajstić information content (AvgIpc) is 3.53. The first kappa shape index (κ1) is 45.0. The number of unbranched alkanes of at least 4 members (excludes halogenated alkanes) is 1. The summed E-state index contributed by atoms with van der Waals surface area (Å²) in [4.78, 5) is 27.9. The van der Waals surface area contributed by atoms with E-state index in [1.165, 1.54) is 19.2 Å². The third-order valence-corrected chi connectivity index (χ3v) is 11.8. The van der Waals surface area contributed by atoms with E-state index in [9.17, 15) is 35.6 Å². The molecular formula is C37H40Cl2F5N4O6S2+. The summed E-state index contributed by atoms with van der Waals surface area (Å²) in [6, 6.07) is 10.6. The number of nitrogens with one attached hydrogen (secondary N) is 1. The molecule has 3 aromatic carbocycles. The molecule has 0 bridgehead atoms. The molecule has 1 atom stereocenters. The molecule has 0 fully saturated rings. The highest BCUT2D eigenvalue weighted by molar-refractivity contribution is 7.98. The van der Waals surface area contributed by atoms with Gasteiger partial charge in [-0.1, -0.05) is 54.9 Å². The lowest BCUT2D eigenvalue weighted by Gasteiger charge is -2.28. The summed E-state index contributed by atoms with van der Waals surface area (Å²) in [6.07, 6.45) is -3.59. The van der Waals surface area contributed by atoms with Crippen molar-refractivity contribution in [3.8, 4) is 11.4 Å². The molecule has 0 aliphatic rings. The van der Waals surface area contributed by atoms with E-state index < -0.39 is 56.1 Å². The highest BCUT2D eigenvalue weighted by atomic mass is 35.5. The number of nitrogens with zero attached hydrogens (tertiary/aromatic N) is 3. The van der Waals surface area contributed by atoms with Gasteiger partial charge >= 0.3 is 18.1 Å². The quantitative estimate of drug-likeness (QED) is 0.0299. The Morgan fingerprint density at radius 3 is 2.23 bits per heavy atom. The molecule has 1 aromatic heterocycles. The van der Waals surface area contributed by atoms with Crippen LogP contribution in [0.25, 0.3) is 5.69 Å². The molecule has 10 nitrogen and oxygen atoms in total. The summed E-state index contributed by atoms with van der Waals surface area (Å²) >= 11 is 13.8. The van der Waals surface area contributed by atoms with Crippen LogP contribution in [0.3, 0.4) is 0 Å². The summed E-state index contributed by atoms with van der Waals surface area (Å²) in [5, 5.41) is 0.449. The minimum Gasteiger partial charge on any atom is -0.495 e. The SMILES string of the molecule is COc1cc(C(C)(C)c2cnc(SCc3c(F)cc(S(=O)(=O)N[C@H](CCCC[N+](C)(C)C)C(=O)OC(=O)C(F)(F)F)cc3Cl)n2-c2ccc(F)cc2)ccc1Cl. The van der Waals surface area contributed by atoms with Crippen LogP contribution in [0.2, 0.25) is 10.0 Å². The van der Waals surface area contributed by atoms with Gasteiger partial charge in [0.15, 0.2) is 5.16 Å². The third kappa shape index (κ3) is 11.2. The fraction of sp³-hybridized carbons (Fsp3) is 0.378. The molecule has 1 heterocycles. The van der Waals surface area contributed by atoms with Gasteiger partial charge in [0, 0.05) is 27.4 Å². The van der Waals surface area contributed by atoms with Gasteiger partial charge in [0.05, 0.1) is 56.6 Å². The van der Waals surface area contributed by atoms with E-state index in [1.807, 2.05) is 45.8 Å². The highest BCUT2D eigenvalue weighted by Crippen LogP contribution is 2.40. The lowest BCUT2D eigenvalue weighted by Crippen LogP contribution is -2.44. The van der Waals surface area contributed by atoms with Gasteiger partial charge in [-0.05, 0) is 73.4 Å². The van der Waals surface area contributed by atoms with Crippen LogP contribution < -0.4 is 9.46 Å². The molecule has 0 radical (unpaired) electrons. The molecule has 19 heteroatoms. The molecular weight excluding hydrogens is 826 g/mol. The zero-order chi connectivity index (χ0) is 41.8. The molecule has 56 heavy (non-hydrogen) atoms. The van der Waals surface area contributed by atoms with Crippen molar-refractivity contribution in [2.45, 2.75) is 66.5 Å². The van der Waals surface area contributed by atoms with Gasteiger partial charge < -0.3 is 14.0 Å². The monoisotopic (exact) mass is 865 g/mol. The topological polar surface area (TPSA) is 117 Å². The smallest absolute Gasteiger partial charge is 0.491 e. The molecule has 1 N–H and O–H groups in total. The number of esters is 2. The zero-order valence-electron chi connectivity index (χ0n) is 31.1.